The van der Waals surface area contributed by atoms with Crippen molar-refractivity contribution in [1.29, 1.82) is 0 Å². The summed E-state index contributed by atoms with van der Waals surface area (Å²) in [7, 11) is 1.33. The third kappa shape index (κ3) is 5.59. The summed E-state index contributed by atoms with van der Waals surface area (Å²) in [6, 6.07) is 5.28. The quantitative estimate of drug-likeness (QED) is 0.642. The second-order valence-electron chi connectivity index (χ2n) is 6.93. The van der Waals surface area contributed by atoms with E-state index < -0.39 is 47.3 Å². The van der Waals surface area contributed by atoms with Crippen molar-refractivity contribution in [2.45, 2.75) is 25.9 Å². The van der Waals surface area contributed by atoms with Gasteiger partial charge in [-0.05, 0) is 47.9 Å². The normalized spacial score (nSPS) is 12.8. The standard InChI is InChI=1S/C21H22F3N3O3/c1-11(2)17(26-19(28)12-4-7-14(22)8-5-12)21(30)27-18(20(29)25-3)13-6-9-15(23)16(24)10-13/h4-11,17-18H,1-3H3,(H,25,29)(H,26,28)(H,27,30). The molecular formula is C21H22F3N3O3. The first-order valence-corrected chi connectivity index (χ1v) is 9.17. The molecule has 2 atom stereocenters. The van der Waals surface area contributed by atoms with Crippen LogP contribution in [0.5, 0.6) is 0 Å². The summed E-state index contributed by atoms with van der Waals surface area (Å²) in [5.41, 5.74) is 0.187. The number of nitrogens with one attached hydrogen (secondary N) is 3. The van der Waals surface area contributed by atoms with Crippen molar-refractivity contribution in [2.24, 2.45) is 5.92 Å². The van der Waals surface area contributed by atoms with E-state index in [-0.39, 0.29) is 17.0 Å². The first kappa shape index (κ1) is 22.9. The number of carbonyl (C=O) groups is 3. The summed E-state index contributed by atoms with van der Waals surface area (Å²) in [4.78, 5) is 37.5. The maximum Gasteiger partial charge on any atom is 0.251 e. The molecule has 3 N–H and O–H groups in total. The summed E-state index contributed by atoms with van der Waals surface area (Å²) in [6.45, 7) is 3.36. The highest BCUT2D eigenvalue weighted by Crippen LogP contribution is 2.18. The Labute approximate surface area is 171 Å². The lowest BCUT2D eigenvalue weighted by molar-refractivity contribution is -0.130. The second-order valence-corrected chi connectivity index (χ2v) is 6.93. The van der Waals surface area contributed by atoms with E-state index in [2.05, 4.69) is 16.0 Å². The van der Waals surface area contributed by atoms with Crippen LogP contribution in [0.4, 0.5) is 13.2 Å². The molecule has 0 radical (unpaired) electrons. The molecule has 0 fully saturated rings. The van der Waals surface area contributed by atoms with Gasteiger partial charge in [-0.3, -0.25) is 14.4 Å². The third-order valence-corrected chi connectivity index (χ3v) is 4.41. The van der Waals surface area contributed by atoms with E-state index >= 15 is 0 Å². The molecule has 2 aromatic rings. The van der Waals surface area contributed by atoms with E-state index in [1.165, 1.54) is 25.2 Å². The van der Waals surface area contributed by atoms with Gasteiger partial charge in [-0.25, -0.2) is 13.2 Å². The Morgan fingerprint density at radius 2 is 1.47 bits per heavy atom. The lowest BCUT2D eigenvalue weighted by atomic mass is 10.0. The zero-order valence-electron chi connectivity index (χ0n) is 16.6. The molecule has 2 aromatic carbocycles. The van der Waals surface area contributed by atoms with Gasteiger partial charge in [-0.1, -0.05) is 19.9 Å². The van der Waals surface area contributed by atoms with Gasteiger partial charge in [0.25, 0.3) is 5.91 Å². The maximum atomic E-state index is 13.6. The molecule has 0 aromatic heterocycles. The van der Waals surface area contributed by atoms with Gasteiger partial charge < -0.3 is 16.0 Å². The predicted molar refractivity (Wildman–Crippen MR) is 104 cm³/mol. The van der Waals surface area contributed by atoms with Crippen LogP contribution in [-0.2, 0) is 9.59 Å². The van der Waals surface area contributed by atoms with Crippen LogP contribution in [0.3, 0.4) is 0 Å². The van der Waals surface area contributed by atoms with Crippen molar-refractivity contribution in [1.82, 2.24) is 16.0 Å². The van der Waals surface area contributed by atoms with E-state index in [1.54, 1.807) is 13.8 Å². The Balaban J connectivity index is 2.23. The highest BCUT2D eigenvalue weighted by Gasteiger charge is 2.30. The molecule has 0 aliphatic carbocycles. The highest BCUT2D eigenvalue weighted by molar-refractivity contribution is 5.98. The number of amides is 3. The molecule has 2 unspecified atom stereocenters. The zero-order valence-corrected chi connectivity index (χ0v) is 16.6. The molecule has 0 saturated carbocycles. The number of hydrogen-bond donors (Lipinski definition) is 3. The predicted octanol–water partition coefficient (Wildman–Crippen LogP) is 2.46. The molecule has 2 rings (SSSR count). The molecule has 0 aliphatic rings. The molecule has 0 bridgehead atoms. The van der Waals surface area contributed by atoms with Crippen molar-refractivity contribution in [2.75, 3.05) is 7.05 Å². The van der Waals surface area contributed by atoms with Gasteiger partial charge in [0, 0.05) is 12.6 Å². The van der Waals surface area contributed by atoms with Gasteiger partial charge in [0.2, 0.25) is 11.8 Å². The minimum absolute atomic E-state index is 0.0361. The van der Waals surface area contributed by atoms with E-state index in [1.807, 2.05) is 0 Å². The van der Waals surface area contributed by atoms with Crippen LogP contribution >= 0.6 is 0 Å². The van der Waals surface area contributed by atoms with Crippen molar-refractivity contribution >= 4 is 17.7 Å². The maximum absolute atomic E-state index is 13.6. The van der Waals surface area contributed by atoms with Gasteiger partial charge in [0.15, 0.2) is 11.6 Å². The molecular weight excluding hydrogens is 399 g/mol. The fourth-order valence-electron chi connectivity index (χ4n) is 2.73. The van der Waals surface area contributed by atoms with Crippen molar-refractivity contribution < 1.29 is 27.6 Å². The summed E-state index contributed by atoms with van der Waals surface area (Å²) in [5, 5.41) is 7.36. The first-order valence-electron chi connectivity index (χ1n) is 9.17. The molecule has 0 aliphatic heterocycles. The van der Waals surface area contributed by atoms with Crippen LogP contribution in [0.15, 0.2) is 42.5 Å². The molecule has 0 heterocycles. The number of likely N-dealkylation sites (N-methyl/N-ethyl adjacent to an activating group) is 1. The Hall–Kier alpha value is -3.36. The molecule has 9 heteroatoms. The van der Waals surface area contributed by atoms with Crippen LogP contribution in [0.25, 0.3) is 0 Å². The number of carbonyl (C=O) groups excluding carboxylic acids is 3. The molecule has 3 amide bonds. The minimum atomic E-state index is -1.30. The summed E-state index contributed by atoms with van der Waals surface area (Å²) in [6.07, 6.45) is 0. The number of benzene rings is 2. The Morgan fingerprint density at radius 3 is 2.00 bits per heavy atom. The van der Waals surface area contributed by atoms with Crippen molar-refractivity contribution in [3.63, 3.8) is 0 Å². The Morgan fingerprint density at radius 1 is 0.833 bits per heavy atom. The summed E-state index contributed by atoms with van der Waals surface area (Å²) >= 11 is 0. The molecule has 0 saturated heterocycles. The van der Waals surface area contributed by atoms with Crippen LogP contribution in [-0.4, -0.2) is 30.8 Å². The third-order valence-electron chi connectivity index (χ3n) is 4.41. The average molecular weight is 421 g/mol. The average Bonchev–Trinajstić information content (AvgIpc) is 2.71. The number of halogens is 3. The van der Waals surface area contributed by atoms with E-state index in [4.69, 9.17) is 0 Å². The second kappa shape index (κ2) is 9.91. The topological polar surface area (TPSA) is 87.3 Å². The largest absolute Gasteiger partial charge is 0.357 e. The zero-order chi connectivity index (χ0) is 22.4. The van der Waals surface area contributed by atoms with E-state index in [9.17, 15) is 27.6 Å². The molecule has 0 spiro atoms. The fraction of sp³-hybridized carbons (Fsp3) is 0.286. The van der Waals surface area contributed by atoms with Crippen molar-refractivity contribution in [3.05, 3.63) is 71.0 Å². The van der Waals surface area contributed by atoms with E-state index in [0.29, 0.717) is 0 Å². The van der Waals surface area contributed by atoms with Crippen LogP contribution in [0, 0.1) is 23.4 Å². The van der Waals surface area contributed by atoms with Gasteiger partial charge >= 0.3 is 0 Å². The molecule has 160 valence electrons. The van der Waals surface area contributed by atoms with Crippen LogP contribution < -0.4 is 16.0 Å². The summed E-state index contributed by atoms with van der Waals surface area (Å²) in [5.74, 6) is -5.09. The summed E-state index contributed by atoms with van der Waals surface area (Å²) < 4.78 is 39.9. The number of rotatable bonds is 7. The Kier molecular flexibility index (Phi) is 7.57. The van der Waals surface area contributed by atoms with Gasteiger partial charge in [-0.2, -0.15) is 0 Å². The smallest absolute Gasteiger partial charge is 0.251 e. The SMILES string of the molecule is CNC(=O)C(NC(=O)C(NC(=O)c1ccc(F)cc1)C(C)C)c1ccc(F)c(F)c1. The van der Waals surface area contributed by atoms with Gasteiger partial charge in [-0.15, -0.1) is 0 Å². The highest BCUT2D eigenvalue weighted by atomic mass is 19.2. The molecule has 30 heavy (non-hydrogen) atoms. The van der Waals surface area contributed by atoms with Crippen LogP contribution in [0.2, 0.25) is 0 Å². The lowest BCUT2D eigenvalue weighted by Crippen LogP contribution is -2.52. The minimum Gasteiger partial charge on any atom is -0.357 e. The number of hydrogen-bond acceptors (Lipinski definition) is 3. The lowest BCUT2D eigenvalue weighted by Gasteiger charge is -2.25. The first-order chi connectivity index (χ1) is 14.1. The molecule has 6 nitrogen and oxygen atoms in total. The van der Waals surface area contributed by atoms with Crippen LogP contribution in [0.1, 0.15) is 35.8 Å². The monoisotopic (exact) mass is 421 g/mol. The van der Waals surface area contributed by atoms with Crippen molar-refractivity contribution in [3.8, 4) is 0 Å². The van der Waals surface area contributed by atoms with E-state index in [0.717, 1.165) is 24.3 Å². The van der Waals surface area contributed by atoms with Gasteiger partial charge in [0.1, 0.15) is 17.9 Å². The Bertz CT molecular complexity index is 933. The fourth-order valence-corrected chi connectivity index (χ4v) is 2.73. The van der Waals surface area contributed by atoms with Gasteiger partial charge in [0.05, 0.1) is 0 Å².